The van der Waals surface area contributed by atoms with Crippen LogP contribution in [-0.2, 0) is 16.1 Å². The summed E-state index contributed by atoms with van der Waals surface area (Å²) in [6, 6.07) is 14.9. The Labute approximate surface area is 235 Å². The molecular weight excluding hydrogens is 600 g/mol. The molecule has 0 N–H and O–H groups in total. The molecule has 182 valence electrons. The molecule has 2 bridgehead atoms. The average Bonchev–Trinajstić information content (AvgIpc) is 3.22. The van der Waals surface area contributed by atoms with Crippen molar-refractivity contribution in [3.05, 3.63) is 80.8 Å². The second-order valence-electron chi connectivity index (χ2n) is 8.42. The summed E-state index contributed by atoms with van der Waals surface area (Å²) in [5.41, 5.74) is 0.861. The van der Waals surface area contributed by atoms with E-state index in [4.69, 9.17) is 81.2 Å². The summed E-state index contributed by atoms with van der Waals surface area (Å²) in [7, 11) is 0. The predicted octanol–water partition coefficient (Wildman–Crippen LogP) is 6.34. The standard InChI is InChI=1S/C23H13Cl7N2O3/c24-13-8-6-12(7-9-13)18(33)31(10-11-4-2-1-3-5-11)32-19(34)14-15(20(32)35)22(28)17(26)16(25)21(14,27)23(22,29)30/h1-9,14-15H,10H2/t14-,15-,21+,22+/m0/s1. The fraction of sp³-hybridized carbons (Fsp3) is 0.261. The SMILES string of the molecule is O=C(c1ccc(Cl)cc1)N(Cc1ccccc1)N1C(=O)[C@@H]2[C@@H](C1=O)[C@@]1(Cl)C(Cl)=C(Cl)[C@@]2(Cl)C1(Cl)Cl. The van der Waals surface area contributed by atoms with Crippen molar-refractivity contribution in [3.8, 4) is 0 Å². The van der Waals surface area contributed by atoms with Crippen molar-refractivity contribution in [1.29, 1.82) is 0 Å². The van der Waals surface area contributed by atoms with Crippen molar-refractivity contribution in [1.82, 2.24) is 10.0 Å². The number of hydrogen-bond donors (Lipinski definition) is 0. The molecule has 35 heavy (non-hydrogen) atoms. The zero-order valence-corrected chi connectivity index (χ0v) is 22.6. The van der Waals surface area contributed by atoms with E-state index in [0.29, 0.717) is 10.6 Å². The number of halogens is 7. The van der Waals surface area contributed by atoms with Crippen LogP contribution in [0.15, 0.2) is 64.7 Å². The zero-order chi connectivity index (χ0) is 25.5. The maximum Gasteiger partial charge on any atom is 0.273 e. The largest absolute Gasteiger partial charge is 0.273 e. The minimum Gasteiger partial charge on any atom is -0.272 e. The fourth-order valence-corrected chi connectivity index (χ4v) is 8.00. The number of rotatable bonds is 4. The number of hydrogen-bond acceptors (Lipinski definition) is 3. The molecule has 4 atom stereocenters. The van der Waals surface area contributed by atoms with E-state index in [-0.39, 0.29) is 22.2 Å². The summed E-state index contributed by atoms with van der Waals surface area (Å²) in [5, 5.41) is 1.79. The number of allylic oxidation sites excluding steroid dienone is 2. The molecule has 0 radical (unpaired) electrons. The molecule has 2 aromatic carbocycles. The molecule has 12 heteroatoms. The third-order valence-corrected chi connectivity index (χ3v) is 11.1. The average molecular weight is 614 g/mol. The van der Waals surface area contributed by atoms with Crippen molar-refractivity contribution in [2.45, 2.75) is 20.6 Å². The molecule has 2 aromatic rings. The van der Waals surface area contributed by atoms with Crippen molar-refractivity contribution in [2.24, 2.45) is 11.8 Å². The molecule has 0 unspecified atom stereocenters. The molecule has 2 aliphatic carbocycles. The van der Waals surface area contributed by atoms with Gasteiger partial charge in [0.2, 0.25) is 0 Å². The monoisotopic (exact) mass is 610 g/mol. The Hall–Kier alpha value is -1.18. The van der Waals surface area contributed by atoms with Gasteiger partial charge < -0.3 is 0 Å². The number of hydrazine groups is 1. The third kappa shape index (κ3) is 3.19. The van der Waals surface area contributed by atoms with E-state index in [1.54, 1.807) is 30.3 Å². The molecule has 3 amide bonds. The van der Waals surface area contributed by atoms with Crippen LogP contribution in [0.2, 0.25) is 5.02 Å². The Kier molecular flexibility index (Phi) is 6.13. The van der Waals surface area contributed by atoms with Crippen LogP contribution in [0, 0.1) is 11.8 Å². The maximum absolute atomic E-state index is 13.8. The third-order valence-electron chi connectivity index (χ3n) is 6.63. The van der Waals surface area contributed by atoms with Gasteiger partial charge in [-0.1, -0.05) is 88.3 Å². The number of benzene rings is 2. The topological polar surface area (TPSA) is 57.7 Å². The Morgan fingerprint density at radius 3 is 1.77 bits per heavy atom. The number of carbonyl (C=O) groups is 3. The molecule has 1 heterocycles. The highest BCUT2D eigenvalue weighted by Gasteiger charge is 2.88. The Balaban J connectivity index is 1.61. The fourth-order valence-electron chi connectivity index (χ4n) is 4.95. The highest BCUT2D eigenvalue weighted by Crippen LogP contribution is 2.77. The summed E-state index contributed by atoms with van der Waals surface area (Å²) in [6.07, 6.45) is 0. The second-order valence-corrected chi connectivity index (χ2v) is 12.1. The quantitative estimate of drug-likeness (QED) is 0.299. The number of nitrogens with zero attached hydrogens (tertiary/aromatic N) is 2. The van der Waals surface area contributed by atoms with Crippen LogP contribution in [-0.4, -0.2) is 41.8 Å². The highest BCUT2D eigenvalue weighted by molar-refractivity contribution is 6.66. The molecule has 1 saturated carbocycles. The van der Waals surface area contributed by atoms with Gasteiger partial charge >= 0.3 is 0 Å². The van der Waals surface area contributed by atoms with Gasteiger partial charge in [0.05, 0.1) is 28.4 Å². The number of alkyl halides is 4. The van der Waals surface area contributed by atoms with Crippen LogP contribution in [0.3, 0.4) is 0 Å². The normalized spacial score (nSPS) is 30.8. The molecule has 0 aromatic heterocycles. The minimum atomic E-state index is -2.06. The lowest BCUT2D eigenvalue weighted by molar-refractivity contribution is -0.156. The molecular formula is C23H13Cl7N2O3. The second kappa shape index (κ2) is 8.42. The van der Waals surface area contributed by atoms with Gasteiger partial charge in [0.1, 0.15) is 9.75 Å². The minimum absolute atomic E-state index is 0.106. The van der Waals surface area contributed by atoms with E-state index < -0.39 is 43.6 Å². The number of amides is 3. The molecule has 3 aliphatic rings. The van der Waals surface area contributed by atoms with Gasteiger partial charge in [0, 0.05) is 10.6 Å². The van der Waals surface area contributed by atoms with Crippen LogP contribution in [0.25, 0.3) is 0 Å². The maximum atomic E-state index is 13.8. The van der Waals surface area contributed by atoms with Crippen LogP contribution in [0.1, 0.15) is 15.9 Å². The van der Waals surface area contributed by atoms with E-state index >= 15 is 0 Å². The number of carbonyl (C=O) groups excluding carboxylic acids is 3. The van der Waals surface area contributed by atoms with Gasteiger partial charge in [-0.25, -0.2) is 5.01 Å². The van der Waals surface area contributed by atoms with Gasteiger partial charge in [-0.05, 0) is 29.8 Å². The highest BCUT2D eigenvalue weighted by atomic mass is 35.5. The van der Waals surface area contributed by atoms with Crippen LogP contribution in [0.4, 0.5) is 0 Å². The van der Waals surface area contributed by atoms with Gasteiger partial charge in [0.15, 0.2) is 4.33 Å². The van der Waals surface area contributed by atoms with Gasteiger partial charge in [-0.15, -0.1) is 23.2 Å². The smallest absolute Gasteiger partial charge is 0.272 e. The Morgan fingerprint density at radius 2 is 1.29 bits per heavy atom. The van der Waals surface area contributed by atoms with Gasteiger partial charge in [-0.3, -0.25) is 14.4 Å². The molecule has 0 spiro atoms. The summed E-state index contributed by atoms with van der Waals surface area (Å²) < 4.78 is -2.06. The first-order valence-corrected chi connectivity index (χ1v) is 12.8. The summed E-state index contributed by atoms with van der Waals surface area (Å²) in [6.45, 7) is -0.106. The number of fused-ring (bicyclic) bond motifs is 5. The van der Waals surface area contributed by atoms with Gasteiger partial charge in [0.25, 0.3) is 17.7 Å². The van der Waals surface area contributed by atoms with Crippen molar-refractivity contribution >= 4 is 98.9 Å². The van der Waals surface area contributed by atoms with Crippen molar-refractivity contribution < 1.29 is 14.4 Å². The molecule has 2 fully saturated rings. The zero-order valence-electron chi connectivity index (χ0n) is 17.3. The van der Waals surface area contributed by atoms with E-state index in [2.05, 4.69) is 0 Å². The first kappa shape index (κ1) is 25.5. The summed E-state index contributed by atoms with van der Waals surface area (Å²) >= 11 is 45.4. The molecule has 1 aliphatic heterocycles. The summed E-state index contributed by atoms with van der Waals surface area (Å²) in [5.74, 6) is -4.96. The van der Waals surface area contributed by atoms with Crippen LogP contribution < -0.4 is 0 Å². The van der Waals surface area contributed by atoms with Crippen molar-refractivity contribution in [3.63, 3.8) is 0 Å². The van der Waals surface area contributed by atoms with E-state index in [1.807, 2.05) is 0 Å². The first-order chi connectivity index (χ1) is 16.4. The van der Waals surface area contributed by atoms with Crippen LogP contribution >= 0.6 is 81.2 Å². The lowest BCUT2D eigenvalue weighted by Gasteiger charge is -2.37. The van der Waals surface area contributed by atoms with E-state index in [1.165, 1.54) is 24.3 Å². The van der Waals surface area contributed by atoms with E-state index in [9.17, 15) is 14.4 Å². The summed E-state index contributed by atoms with van der Waals surface area (Å²) in [4.78, 5) is 37.3. The predicted molar refractivity (Wildman–Crippen MR) is 137 cm³/mol. The first-order valence-electron chi connectivity index (χ1n) is 10.2. The molecule has 5 nitrogen and oxygen atoms in total. The lowest BCUT2D eigenvalue weighted by Crippen LogP contribution is -2.55. The van der Waals surface area contributed by atoms with Crippen LogP contribution in [0.5, 0.6) is 0 Å². The van der Waals surface area contributed by atoms with Crippen molar-refractivity contribution in [2.75, 3.05) is 0 Å². The molecule has 5 rings (SSSR count). The lowest BCUT2D eigenvalue weighted by atomic mass is 9.84. The Bertz CT molecular complexity index is 1250. The van der Waals surface area contributed by atoms with Gasteiger partial charge in [-0.2, -0.15) is 5.01 Å². The van der Waals surface area contributed by atoms with E-state index in [0.717, 1.165) is 10.0 Å². The Morgan fingerprint density at radius 1 is 0.800 bits per heavy atom. The number of imide groups is 1. The molecule has 1 saturated heterocycles.